The van der Waals surface area contributed by atoms with Crippen molar-refractivity contribution in [1.82, 2.24) is 20.4 Å². The lowest BCUT2D eigenvalue weighted by Gasteiger charge is -2.40. The van der Waals surface area contributed by atoms with Crippen molar-refractivity contribution in [1.29, 1.82) is 0 Å². The van der Waals surface area contributed by atoms with Gasteiger partial charge in [0.05, 0.1) is 6.04 Å². The molecule has 2 aliphatic heterocycles. The van der Waals surface area contributed by atoms with Crippen LogP contribution in [0.1, 0.15) is 56.6 Å². The van der Waals surface area contributed by atoms with Crippen LogP contribution in [0, 0.1) is 0 Å². The highest BCUT2D eigenvalue weighted by Crippen LogP contribution is 2.46. The Morgan fingerprint density at radius 1 is 1.13 bits per heavy atom. The zero-order valence-electron chi connectivity index (χ0n) is 18.8. The van der Waals surface area contributed by atoms with Crippen LogP contribution in [0.15, 0.2) is 29.3 Å². The van der Waals surface area contributed by atoms with E-state index in [1.165, 1.54) is 51.0 Å². The highest BCUT2D eigenvalue weighted by molar-refractivity contribution is 5.80. The molecule has 1 unspecified atom stereocenters. The van der Waals surface area contributed by atoms with Gasteiger partial charge in [-0.1, -0.05) is 18.2 Å². The van der Waals surface area contributed by atoms with Gasteiger partial charge < -0.3 is 25.2 Å². The lowest BCUT2D eigenvalue weighted by atomic mass is 9.86. The first-order valence-electron chi connectivity index (χ1n) is 11.8. The number of guanidine groups is 1. The standard InChI is InChI=1S/C24H39N5O/c1-25-23(26-13-7-15-29-16-8-14-28(2)17-18-29)27-21-19-24(11-5-6-12-24)30-22-10-4-3-9-20(21)22/h3-4,9-10,21H,5-8,11-19H2,1-2H3,(H2,25,26,27). The Morgan fingerprint density at radius 3 is 2.80 bits per heavy atom. The van der Waals surface area contributed by atoms with Crippen LogP contribution in [0.5, 0.6) is 5.75 Å². The average Bonchev–Trinajstić information content (AvgIpc) is 3.09. The normalized spacial score (nSPS) is 24.9. The van der Waals surface area contributed by atoms with Gasteiger partial charge in [0.25, 0.3) is 0 Å². The average molecular weight is 414 g/mol. The van der Waals surface area contributed by atoms with Crippen molar-refractivity contribution >= 4 is 5.96 Å². The fraction of sp³-hybridized carbons (Fsp3) is 0.708. The number of hydrogen-bond acceptors (Lipinski definition) is 4. The molecule has 0 radical (unpaired) electrons. The molecule has 0 bridgehead atoms. The minimum Gasteiger partial charge on any atom is -0.487 e. The second-order valence-corrected chi connectivity index (χ2v) is 9.28. The van der Waals surface area contributed by atoms with Gasteiger partial charge in [-0.15, -0.1) is 0 Å². The van der Waals surface area contributed by atoms with E-state index >= 15 is 0 Å². The molecule has 166 valence electrons. The van der Waals surface area contributed by atoms with E-state index < -0.39 is 0 Å². The van der Waals surface area contributed by atoms with E-state index in [-0.39, 0.29) is 11.6 Å². The first-order chi connectivity index (χ1) is 14.7. The number of ether oxygens (including phenoxy) is 1. The lowest BCUT2D eigenvalue weighted by molar-refractivity contribution is 0.0396. The number of fused-ring (bicyclic) bond motifs is 1. The maximum Gasteiger partial charge on any atom is 0.191 e. The van der Waals surface area contributed by atoms with Crippen molar-refractivity contribution in [2.75, 3.05) is 53.4 Å². The zero-order chi connectivity index (χ0) is 20.8. The van der Waals surface area contributed by atoms with Crippen molar-refractivity contribution in [3.8, 4) is 5.75 Å². The minimum atomic E-state index is 0.00476. The van der Waals surface area contributed by atoms with Crippen LogP contribution in [0.3, 0.4) is 0 Å². The Hall–Kier alpha value is -1.79. The first-order valence-corrected chi connectivity index (χ1v) is 11.8. The van der Waals surface area contributed by atoms with Gasteiger partial charge >= 0.3 is 0 Å². The van der Waals surface area contributed by atoms with Crippen LogP contribution < -0.4 is 15.4 Å². The predicted octanol–water partition coefficient (Wildman–Crippen LogP) is 3.02. The van der Waals surface area contributed by atoms with Crippen LogP contribution in [0.25, 0.3) is 0 Å². The molecule has 30 heavy (non-hydrogen) atoms. The van der Waals surface area contributed by atoms with Crippen molar-refractivity contribution in [2.45, 2.75) is 56.6 Å². The Morgan fingerprint density at radius 2 is 1.97 bits per heavy atom. The molecular weight excluding hydrogens is 374 g/mol. The molecule has 1 aromatic carbocycles. The van der Waals surface area contributed by atoms with E-state index in [1.807, 2.05) is 7.05 Å². The van der Waals surface area contributed by atoms with Crippen molar-refractivity contribution in [2.24, 2.45) is 4.99 Å². The van der Waals surface area contributed by atoms with Gasteiger partial charge in [-0.05, 0) is 71.3 Å². The number of likely N-dealkylation sites (N-methyl/N-ethyl adjacent to an activating group) is 1. The summed E-state index contributed by atoms with van der Waals surface area (Å²) in [5, 5.41) is 7.26. The van der Waals surface area contributed by atoms with Crippen LogP contribution in [-0.2, 0) is 0 Å². The molecule has 3 aliphatic rings. The molecule has 1 aliphatic carbocycles. The fourth-order valence-electron chi connectivity index (χ4n) is 5.27. The summed E-state index contributed by atoms with van der Waals surface area (Å²) >= 11 is 0. The van der Waals surface area contributed by atoms with E-state index in [1.54, 1.807) is 0 Å². The van der Waals surface area contributed by atoms with Gasteiger partial charge in [0.2, 0.25) is 0 Å². The highest BCUT2D eigenvalue weighted by Gasteiger charge is 2.43. The van der Waals surface area contributed by atoms with Crippen LogP contribution in [0.4, 0.5) is 0 Å². The molecule has 1 aromatic rings. The van der Waals surface area contributed by atoms with Gasteiger partial charge in [-0.2, -0.15) is 0 Å². The highest BCUT2D eigenvalue weighted by atomic mass is 16.5. The van der Waals surface area contributed by atoms with E-state index in [0.717, 1.165) is 50.5 Å². The second kappa shape index (κ2) is 10.0. The van der Waals surface area contributed by atoms with Gasteiger partial charge in [0.15, 0.2) is 5.96 Å². The lowest BCUT2D eigenvalue weighted by Crippen LogP contribution is -2.47. The summed E-state index contributed by atoms with van der Waals surface area (Å²) in [4.78, 5) is 9.55. The van der Waals surface area contributed by atoms with Crippen molar-refractivity contribution in [3.63, 3.8) is 0 Å². The summed E-state index contributed by atoms with van der Waals surface area (Å²) in [7, 11) is 4.10. The largest absolute Gasteiger partial charge is 0.487 e. The van der Waals surface area contributed by atoms with E-state index in [0.29, 0.717) is 0 Å². The SMILES string of the molecule is CN=C(NCCCN1CCCN(C)CC1)NC1CC2(CCCC2)Oc2ccccc21. The molecule has 6 heteroatoms. The number of rotatable bonds is 5. The molecule has 6 nitrogen and oxygen atoms in total. The molecule has 2 heterocycles. The Kier molecular flexibility index (Phi) is 7.16. The third kappa shape index (κ3) is 5.27. The molecule has 1 saturated carbocycles. The molecule has 0 amide bonds. The number of para-hydroxylation sites is 1. The van der Waals surface area contributed by atoms with E-state index in [2.05, 4.69) is 56.7 Å². The van der Waals surface area contributed by atoms with Crippen LogP contribution in [0.2, 0.25) is 0 Å². The summed E-state index contributed by atoms with van der Waals surface area (Å²) in [6.45, 7) is 6.91. The van der Waals surface area contributed by atoms with Crippen molar-refractivity contribution < 1.29 is 4.74 Å². The number of nitrogens with one attached hydrogen (secondary N) is 2. The fourth-order valence-corrected chi connectivity index (χ4v) is 5.27. The maximum absolute atomic E-state index is 6.50. The monoisotopic (exact) mass is 413 g/mol. The number of hydrogen-bond donors (Lipinski definition) is 2. The second-order valence-electron chi connectivity index (χ2n) is 9.28. The van der Waals surface area contributed by atoms with E-state index in [9.17, 15) is 0 Å². The molecule has 1 spiro atoms. The maximum atomic E-state index is 6.50. The summed E-state index contributed by atoms with van der Waals surface area (Å²) < 4.78 is 6.50. The summed E-state index contributed by atoms with van der Waals surface area (Å²) in [6.07, 6.45) is 8.30. The molecule has 4 rings (SSSR count). The zero-order valence-corrected chi connectivity index (χ0v) is 18.8. The van der Waals surface area contributed by atoms with Gasteiger partial charge in [0.1, 0.15) is 11.4 Å². The van der Waals surface area contributed by atoms with Crippen LogP contribution in [-0.4, -0.2) is 74.7 Å². The quantitative estimate of drug-likeness (QED) is 0.442. The molecule has 1 atom stereocenters. The summed E-state index contributed by atoms with van der Waals surface area (Å²) in [5.74, 6) is 1.95. The Bertz CT molecular complexity index is 715. The third-order valence-corrected chi connectivity index (χ3v) is 7.00. The van der Waals surface area contributed by atoms with Crippen LogP contribution >= 0.6 is 0 Å². The summed E-state index contributed by atoms with van der Waals surface area (Å²) in [6, 6.07) is 8.76. The molecule has 2 N–H and O–H groups in total. The molecule has 2 fully saturated rings. The smallest absolute Gasteiger partial charge is 0.191 e. The molecular formula is C24H39N5O. The first kappa shape index (κ1) is 21.4. The van der Waals surface area contributed by atoms with Crippen molar-refractivity contribution in [3.05, 3.63) is 29.8 Å². The third-order valence-electron chi connectivity index (χ3n) is 7.00. The van der Waals surface area contributed by atoms with Gasteiger partial charge in [-0.3, -0.25) is 4.99 Å². The Balaban J connectivity index is 1.30. The van der Waals surface area contributed by atoms with E-state index in [4.69, 9.17) is 4.74 Å². The van der Waals surface area contributed by atoms with Gasteiger partial charge in [0, 0.05) is 38.7 Å². The Labute approximate surface area is 182 Å². The van der Waals surface area contributed by atoms with Gasteiger partial charge in [-0.25, -0.2) is 0 Å². The number of nitrogens with zero attached hydrogens (tertiary/aromatic N) is 3. The summed E-state index contributed by atoms with van der Waals surface area (Å²) in [5.41, 5.74) is 1.26. The molecule has 0 aromatic heterocycles. The predicted molar refractivity (Wildman–Crippen MR) is 123 cm³/mol. The topological polar surface area (TPSA) is 52.1 Å². The minimum absolute atomic E-state index is 0.00476. The number of aliphatic imine (C=N–C) groups is 1. The molecule has 1 saturated heterocycles. The number of benzene rings is 1.